The Hall–Kier alpha value is -2.62. The van der Waals surface area contributed by atoms with Crippen LogP contribution in [0.3, 0.4) is 0 Å². The normalized spacial score (nSPS) is 9.76. The van der Waals surface area contributed by atoms with Crippen LogP contribution in [0.5, 0.6) is 5.75 Å². The van der Waals surface area contributed by atoms with Crippen LogP contribution >= 0.6 is 11.6 Å². The van der Waals surface area contributed by atoms with Crippen molar-refractivity contribution in [2.75, 3.05) is 0 Å². The molecule has 0 aliphatic heterocycles. The zero-order valence-corrected chi connectivity index (χ0v) is 11.6. The minimum atomic E-state index is -0.408. The van der Waals surface area contributed by atoms with Gasteiger partial charge < -0.3 is 4.74 Å². The third-order valence-corrected chi connectivity index (χ3v) is 2.98. The molecule has 0 saturated carbocycles. The molecule has 7 heteroatoms. The van der Waals surface area contributed by atoms with Crippen molar-refractivity contribution in [2.24, 2.45) is 5.84 Å². The van der Waals surface area contributed by atoms with Crippen LogP contribution in [0, 0.1) is 11.3 Å². The number of nitrogens with zero attached hydrogens (tertiary/aromatic N) is 2. The first-order valence-corrected chi connectivity index (χ1v) is 6.30. The molecule has 1 aromatic heterocycles. The van der Waals surface area contributed by atoms with Crippen molar-refractivity contribution >= 4 is 17.5 Å². The van der Waals surface area contributed by atoms with E-state index < -0.39 is 5.91 Å². The first kappa shape index (κ1) is 14.8. The van der Waals surface area contributed by atoms with Gasteiger partial charge in [0, 0.05) is 12.3 Å². The smallest absolute Gasteiger partial charge is 0.266 e. The minimum Gasteiger partial charge on any atom is -0.487 e. The SMILES string of the molecule is N#Cc1ccc(OCc2ccc(C(=O)NN)cn2)cc1Cl. The summed E-state index contributed by atoms with van der Waals surface area (Å²) in [5.41, 5.74) is 3.42. The number of nitrogens with one attached hydrogen (secondary N) is 1. The fraction of sp³-hybridized carbons (Fsp3) is 0.0714. The average Bonchev–Trinajstić information content (AvgIpc) is 2.52. The summed E-state index contributed by atoms with van der Waals surface area (Å²) in [4.78, 5) is 15.3. The van der Waals surface area contributed by atoms with E-state index in [1.54, 1.807) is 30.3 Å². The van der Waals surface area contributed by atoms with Crippen LogP contribution in [0.4, 0.5) is 0 Å². The Balaban J connectivity index is 2.01. The summed E-state index contributed by atoms with van der Waals surface area (Å²) in [5.74, 6) is 5.15. The van der Waals surface area contributed by atoms with Crippen LogP contribution in [0.15, 0.2) is 36.5 Å². The van der Waals surface area contributed by atoms with Gasteiger partial charge in [-0.25, -0.2) is 5.84 Å². The summed E-state index contributed by atoms with van der Waals surface area (Å²) >= 11 is 5.91. The Morgan fingerprint density at radius 2 is 2.24 bits per heavy atom. The molecule has 106 valence electrons. The number of nitriles is 1. The molecular weight excluding hydrogens is 292 g/mol. The zero-order valence-electron chi connectivity index (χ0n) is 10.8. The van der Waals surface area contributed by atoms with Crippen molar-refractivity contribution in [2.45, 2.75) is 6.61 Å². The second-order valence-corrected chi connectivity index (χ2v) is 4.46. The lowest BCUT2D eigenvalue weighted by molar-refractivity contribution is 0.0953. The van der Waals surface area contributed by atoms with E-state index in [4.69, 9.17) is 27.4 Å². The van der Waals surface area contributed by atoms with Crippen molar-refractivity contribution < 1.29 is 9.53 Å². The number of hydrogen-bond donors (Lipinski definition) is 2. The van der Waals surface area contributed by atoms with Crippen LogP contribution in [-0.4, -0.2) is 10.9 Å². The van der Waals surface area contributed by atoms with Gasteiger partial charge in [0.25, 0.3) is 5.91 Å². The monoisotopic (exact) mass is 302 g/mol. The molecule has 6 nitrogen and oxygen atoms in total. The largest absolute Gasteiger partial charge is 0.487 e. The van der Waals surface area contributed by atoms with Crippen molar-refractivity contribution in [3.63, 3.8) is 0 Å². The number of nitrogens with two attached hydrogens (primary N) is 1. The molecule has 0 bridgehead atoms. The Morgan fingerprint density at radius 1 is 1.43 bits per heavy atom. The Labute approximate surface area is 126 Å². The number of aromatic nitrogens is 1. The molecule has 0 unspecified atom stereocenters. The number of benzene rings is 1. The van der Waals surface area contributed by atoms with E-state index in [-0.39, 0.29) is 6.61 Å². The fourth-order valence-electron chi connectivity index (χ4n) is 1.56. The summed E-state index contributed by atoms with van der Waals surface area (Å²) < 4.78 is 5.52. The van der Waals surface area contributed by atoms with E-state index in [9.17, 15) is 4.79 Å². The molecule has 2 aromatic rings. The van der Waals surface area contributed by atoms with E-state index in [2.05, 4.69) is 4.98 Å². The molecule has 0 aliphatic rings. The number of halogens is 1. The van der Waals surface area contributed by atoms with Crippen molar-refractivity contribution in [1.82, 2.24) is 10.4 Å². The quantitative estimate of drug-likeness (QED) is 0.509. The highest BCUT2D eigenvalue weighted by Gasteiger charge is 2.05. The molecule has 0 saturated heterocycles. The second kappa shape index (κ2) is 6.70. The maximum absolute atomic E-state index is 11.3. The number of ether oxygens (including phenoxy) is 1. The van der Waals surface area contributed by atoms with E-state index in [1.165, 1.54) is 6.20 Å². The lowest BCUT2D eigenvalue weighted by Gasteiger charge is -2.07. The van der Waals surface area contributed by atoms with E-state index in [0.29, 0.717) is 27.6 Å². The van der Waals surface area contributed by atoms with Gasteiger partial charge in [0.05, 0.1) is 21.8 Å². The van der Waals surface area contributed by atoms with Crippen LogP contribution in [-0.2, 0) is 6.61 Å². The number of pyridine rings is 1. The third-order valence-electron chi connectivity index (χ3n) is 2.67. The zero-order chi connectivity index (χ0) is 15.2. The van der Waals surface area contributed by atoms with Gasteiger partial charge in [-0.1, -0.05) is 11.6 Å². The van der Waals surface area contributed by atoms with Gasteiger partial charge in [0.15, 0.2) is 0 Å². The Morgan fingerprint density at radius 3 is 2.81 bits per heavy atom. The summed E-state index contributed by atoms with van der Waals surface area (Å²) in [6.45, 7) is 0.215. The van der Waals surface area contributed by atoms with E-state index >= 15 is 0 Å². The summed E-state index contributed by atoms with van der Waals surface area (Å²) in [5, 5.41) is 9.11. The van der Waals surface area contributed by atoms with Gasteiger partial charge in [0.1, 0.15) is 18.4 Å². The molecule has 0 radical (unpaired) electrons. The molecule has 1 aromatic carbocycles. The lowest BCUT2D eigenvalue weighted by Crippen LogP contribution is -2.30. The Kier molecular flexibility index (Phi) is 4.72. The summed E-state index contributed by atoms with van der Waals surface area (Å²) in [7, 11) is 0. The topological polar surface area (TPSA) is 101 Å². The molecule has 3 N–H and O–H groups in total. The van der Waals surface area contributed by atoms with Crippen LogP contribution < -0.4 is 16.0 Å². The minimum absolute atomic E-state index is 0.215. The van der Waals surface area contributed by atoms with Gasteiger partial charge in [-0.15, -0.1) is 0 Å². The molecule has 2 rings (SSSR count). The number of hydrogen-bond acceptors (Lipinski definition) is 5. The highest BCUT2D eigenvalue weighted by molar-refractivity contribution is 6.31. The molecule has 1 amide bonds. The van der Waals surface area contributed by atoms with Crippen molar-refractivity contribution in [3.05, 3.63) is 58.4 Å². The lowest BCUT2D eigenvalue weighted by atomic mass is 10.2. The molecule has 0 fully saturated rings. The maximum atomic E-state index is 11.3. The van der Waals surface area contributed by atoms with Gasteiger partial charge in [-0.05, 0) is 24.3 Å². The van der Waals surface area contributed by atoms with Gasteiger partial charge in [-0.2, -0.15) is 5.26 Å². The molecule has 21 heavy (non-hydrogen) atoms. The number of nitrogen functional groups attached to an aromatic ring is 1. The fourth-order valence-corrected chi connectivity index (χ4v) is 1.77. The van der Waals surface area contributed by atoms with Crippen molar-refractivity contribution in [3.8, 4) is 11.8 Å². The highest BCUT2D eigenvalue weighted by atomic mass is 35.5. The highest BCUT2D eigenvalue weighted by Crippen LogP contribution is 2.22. The molecule has 0 aliphatic carbocycles. The predicted molar refractivity (Wildman–Crippen MR) is 76.4 cm³/mol. The number of carbonyl (C=O) groups is 1. The first-order valence-electron chi connectivity index (χ1n) is 5.92. The number of hydrazine groups is 1. The predicted octanol–water partition coefficient (Wildman–Crippen LogP) is 1.79. The van der Waals surface area contributed by atoms with Crippen LogP contribution in [0.2, 0.25) is 5.02 Å². The van der Waals surface area contributed by atoms with Gasteiger partial charge in [0.2, 0.25) is 0 Å². The number of carbonyl (C=O) groups excluding carboxylic acids is 1. The van der Waals surface area contributed by atoms with E-state index in [1.807, 2.05) is 11.5 Å². The second-order valence-electron chi connectivity index (χ2n) is 4.05. The Bertz CT molecular complexity index is 695. The summed E-state index contributed by atoms with van der Waals surface area (Å²) in [6, 6.07) is 10.0. The standard InChI is InChI=1S/C14H11ClN4O2/c15-13-5-12(4-2-9(13)6-16)21-8-11-3-1-10(7-18-11)14(20)19-17/h1-5,7H,8,17H2,(H,19,20). The first-order chi connectivity index (χ1) is 10.1. The summed E-state index contributed by atoms with van der Waals surface area (Å²) in [6.07, 6.45) is 1.41. The van der Waals surface area contributed by atoms with Gasteiger partial charge in [-0.3, -0.25) is 15.2 Å². The molecule has 0 spiro atoms. The van der Waals surface area contributed by atoms with E-state index in [0.717, 1.165) is 0 Å². The molecular formula is C14H11ClN4O2. The molecule has 0 atom stereocenters. The maximum Gasteiger partial charge on any atom is 0.266 e. The average molecular weight is 303 g/mol. The van der Waals surface area contributed by atoms with Crippen LogP contribution in [0.1, 0.15) is 21.6 Å². The van der Waals surface area contributed by atoms with Crippen LogP contribution in [0.25, 0.3) is 0 Å². The third kappa shape index (κ3) is 3.69. The molecule has 1 heterocycles. The van der Waals surface area contributed by atoms with Crippen molar-refractivity contribution in [1.29, 1.82) is 5.26 Å². The number of amides is 1. The van der Waals surface area contributed by atoms with Gasteiger partial charge >= 0.3 is 0 Å². The number of rotatable bonds is 4.